The Morgan fingerprint density at radius 2 is 1.43 bits per heavy atom. The molecule has 0 aliphatic heterocycles. The molecule has 126 valence electrons. The summed E-state index contributed by atoms with van der Waals surface area (Å²) in [6.45, 7) is 5.45. The molecule has 1 aliphatic rings. The van der Waals surface area contributed by atoms with Crippen LogP contribution in [0.5, 0.6) is 0 Å². The molecule has 1 aliphatic carbocycles. The van der Waals surface area contributed by atoms with Crippen molar-refractivity contribution in [3.8, 4) is 0 Å². The average molecular weight is 316 g/mol. The van der Waals surface area contributed by atoms with Crippen molar-refractivity contribution in [3.05, 3.63) is 0 Å². The zero-order chi connectivity index (χ0) is 15.3. The summed E-state index contributed by atoms with van der Waals surface area (Å²) in [6.07, 6.45) is 15.5. The molecule has 0 aromatic heterocycles. The summed E-state index contributed by atoms with van der Waals surface area (Å²) in [6, 6.07) is 0.483. The van der Waals surface area contributed by atoms with Gasteiger partial charge in [-0.05, 0) is 32.2 Å². The van der Waals surface area contributed by atoms with Gasteiger partial charge < -0.3 is 5.32 Å². The number of hydrogen-bond acceptors (Lipinski definition) is 2. The van der Waals surface area contributed by atoms with Crippen LogP contribution >= 0.6 is 0 Å². The minimum absolute atomic E-state index is 0.385. The number of rotatable bonds is 6. The highest BCUT2D eigenvalue weighted by Crippen LogP contribution is 2.21. The molecule has 0 bridgehead atoms. The van der Waals surface area contributed by atoms with E-state index in [1.807, 2.05) is 0 Å². The molecule has 0 amide bonds. The van der Waals surface area contributed by atoms with Crippen LogP contribution in [-0.4, -0.2) is 27.8 Å². The van der Waals surface area contributed by atoms with Crippen molar-refractivity contribution in [3.63, 3.8) is 0 Å². The first-order chi connectivity index (χ1) is 10.3. The Morgan fingerprint density at radius 1 is 0.857 bits per heavy atom. The van der Waals surface area contributed by atoms with E-state index in [4.69, 9.17) is 0 Å². The van der Waals surface area contributed by atoms with Crippen LogP contribution in [0.1, 0.15) is 90.9 Å². The standard InChI is InChI=1S/C18H37NOS/c1-3-15-19-17-13-11-9-7-5-6-8-10-12-14-18(17)21(20)16-4-2/h17-19H,3-16H2,1-2H3. The maximum Gasteiger partial charge on any atom is 0.0501 e. The fraction of sp³-hybridized carbons (Fsp3) is 1.00. The summed E-state index contributed by atoms with van der Waals surface area (Å²) in [5.41, 5.74) is 0. The van der Waals surface area contributed by atoms with Crippen molar-refractivity contribution in [2.45, 2.75) is 102 Å². The lowest BCUT2D eigenvalue weighted by Crippen LogP contribution is -2.43. The summed E-state index contributed by atoms with van der Waals surface area (Å²) in [7, 11) is -0.645. The van der Waals surface area contributed by atoms with Gasteiger partial charge in [0.1, 0.15) is 0 Å². The molecule has 0 aromatic carbocycles. The third-order valence-electron chi connectivity index (χ3n) is 4.60. The molecule has 0 saturated heterocycles. The van der Waals surface area contributed by atoms with Crippen molar-refractivity contribution in [2.24, 2.45) is 0 Å². The molecule has 3 atom stereocenters. The molecular weight excluding hydrogens is 278 g/mol. The van der Waals surface area contributed by atoms with E-state index in [2.05, 4.69) is 19.2 Å². The largest absolute Gasteiger partial charge is 0.313 e. The summed E-state index contributed by atoms with van der Waals surface area (Å²) < 4.78 is 12.7. The summed E-state index contributed by atoms with van der Waals surface area (Å²) >= 11 is 0. The first kappa shape index (κ1) is 19.2. The lowest BCUT2D eigenvalue weighted by molar-refractivity contribution is 0.408. The molecule has 3 heteroatoms. The van der Waals surface area contributed by atoms with Gasteiger partial charge in [-0.2, -0.15) is 0 Å². The Bertz CT molecular complexity index is 270. The molecule has 0 radical (unpaired) electrons. The van der Waals surface area contributed by atoms with Crippen molar-refractivity contribution in [2.75, 3.05) is 12.3 Å². The van der Waals surface area contributed by atoms with Crippen LogP contribution in [0, 0.1) is 0 Å². The van der Waals surface area contributed by atoms with E-state index in [1.54, 1.807) is 0 Å². The Kier molecular flexibility index (Phi) is 11.5. The Morgan fingerprint density at radius 3 is 2.00 bits per heavy atom. The van der Waals surface area contributed by atoms with Gasteiger partial charge in [0.2, 0.25) is 0 Å². The first-order valence-electron chi connectivity index (χ1n) is 9.40. The second-order valence-corrected chi connectivity index (χ2v) is 8.36. The van der Waals surface area contributed by atoms with Gasteiger partial charge in [-0.15, -0.1) is 0 Å². The normalized spacial score (nSPS) is 27.5. The van der Waals surface area contributed by atoms with Crippen LogP contribution in [0.15, 0.2) is 0 Å². The topological polar surface area (TPSA) is 29.1 Å². The molecule has 0 heterocycles. The molecule has 1 rings (SSSR count). The Hall–Kier alpha value is 0.110. The van der Waals surface area contributed by atoms with Crippen LogP contribution in [-0.2, 0) is 10.8 Å². The predicted octanol–water partition coefficient (Wildman–Crippen LogP) is 4.80. The molecular formula is C18H37NOS. The number of hydrogen-bond donors (Lipinski definition) is 1. The van der Waals surface area contributed by atoms with E-state index < -0.39 is 10.8 Å². The van der Waals surface area contributed by atoms with Crippen LogP contribution < -0.4 is 5.32 Å². The average Bonchev–Trinajstić information content (AvgIpc) is 2.47. The first-order valence-corrected chi connectivity index (χ1v) is 10.8. The van der Waals surface area contributed by atoms with Crippen LogP contribution in [0.4, 0.5) is 0 Å². The monoisotopic (exact) mass is 315 g/mol. The Labute approximate surface area is 135 Å². The van der Waals surface area contributed by atoms with E-state index in [0.29, 0.717) is 11.3 Å². The van der Waals surface area contributed by atoms with Gasteiger partial charge in [0.25, 0.3) is 0 Å². The highest BCUT2D eigenvalue weighted by Gasteiger charge is 2.25. The minimum atomic E-state index is -0.645. The van der Waals surface area contributed by atoms with Crippen molar-refractivity contribution < 1.29 is 4.21 Å². The molecule has 1 saturated carbocycles. The van der Waals surface area contributed by atoms with E-state index >= 15 is 0 Å². The van der Waals surface area contributed by atoms with Gasteiger partial charge >= 0.3 is 0 Å². The van der Waals surface area contributed by atoms with E-state index in [-0.39, 0.29) is 0 Å². The van der Waals surface area contributed by atoms with Gasteiger partial charge in [0.05, 0.1) is 5.25 Å². The smallest absolute Gasteiger partial charge is 0.0501 e. The van der Waals surface area contributed by atoms with Crippen molar-refractivity contribution in [1.82, 2.24) is 5.32 Å². The quantitative estimate of drug-likeness (QED) is 0.763. The lowest BCUT2D eigenvalue weighted by Gasteiger charge is -2.28. The fourth-order valence-electron chi connectivity index (χ4n) is 3.39. The highest BCUT2D eigenvalue weighted by atomic mass is 32.2. The van der Waals surface area contributed by atoms with Crippen molar-refractivity contribution in [1.29, 1.82) is 0 Å². The summed E-state index contributed by atoms with van der Waals surface area (Å²) in [5.74, 6) is 0.884. The minimum Gasteiger partial charge on any atom is -0.313 e. The summed E-state index contributed by atoms with van der Waals surface area (Å²) in [5, 5.41) is 4.10. The third kappa shape index (κ3) is 8.35. The SMILES string of the molecule is CCCNC1CCCCCCCCCCC1S(=O)CCC. The van der Waals surface area contributed by atoms with Gasteiger partial charge in [-0.25, -0.2) is 0 Å². The van der Waals surface area contributed by atoms with E-state index in [1.165, 1.54) is 64.2 Å². The van der Waals surface area contributed by atoms with Crippen LogP contribution in [0.3, 0.4) is 0 Å². The maximum absolute atomic E-state index is 12.7. The van der Waals surface area contributed by atoms with E-state index in [9.17, 15) is 4.21 Å². The van der Waals surface area contributed by atoms with Gasteiger partial charge in [-0.1, -0.05) is 65.2 Å². The van der Waals surface area contributed by atoms with E-state index in [0.717, 1.165) is 25.1 Å². The van der Waals surface area contributed by atoms with Crippen LogP contribution in [0.25, 0.3) is 0 Å². The molecule has 2 nitrogen and oxygen atoms in total. The molecule has 0 spiro atoms. The second-order valence-electron chi connectivity index (χ2n) is 6.59. The van der Waals surface area contributed by atoms with Gasteiger partial charge in [-0.3, -0.25) is 4.21 Å². The Balaban J connectivity index is 2.65. The molecule has 1 N–H and O–H groups in total. The molecule has 0 aromatic rings. The highest BCUT2D eigenvalue weighted by molar-refractivity contribution is 7.85. The zero-order valence-corrected chi connectivity index (χ0v) is 15.2. The molecule has 21 heavy (non-hydrogen) atoms. The summed E-state index contributed by atoms with van der Waals surface area (Å²) in [4.78, 5) is 0. The predicted molar refractivity (Wildman–Crippen MR) is 95.3 cm³/mol. The van der Waals surface area contributed by atoms with Gasteiger partial charge in [0, 0.05) is 22.6 Å². The van der Waals surface area contributed by atoms with Crippen LogP contribution in [0.2, 0.25) is 0 Å². The fourth-order valence-corrected chi connectivity index (χ4v) is 5.12. The second kappa shape index (κ2) is 12.6. The third-order valence-corrected chi connectivity index (χ3v) is 6.65. The molecule has 1 fully saturated rings. The molecule has 3 unspecified atom stereocenters. The van der Waals surface area contributed by atoms with Crippen molar-refractivity contribution >= 4 is 10.8 Å². The van der Waals surface area contributed by atoms with Gasteiger partial charge in [0.15, 0.2) is 0 Å². The zero-order valence-electron chi connectivity index (χ0n) is 14.4. The lowest BCUT2D eigenvalue weighted by atomic mass is 9.97. The number of nitrogens with one attached hydrogen (secondary N) is 1. The maximum atomic E-state index is 12.7.